The quantitative estimate of drug-likeness (QED) is 0.588. The van der Waals surface area contributed by atoms with Crippen LogP contribution >= 0.6 is 23.2 Å². The fraction of sp³-hybridized carbons (Fsp3) is 0.0556. The van der Waals surface area contributed by atoms with E-state index in [2.05, 4.69) is 16.2 Å². The van der Waals surface area contributed by atoms with Crippen molar-refractivity contribution in [3.8, 4) is 17.5 Å². The Hall–Kier alpha value is -2.61. The molecule has 0 fully saturated rings. The van der Waals surface area contributed by atoms with Gasteiger partial charge in [0.25, 0.3) is 5.89 Å². The molecule has 0 aliphatic rings. The standard InChI is InChI=1S/C18H11Cl2N3O/c1-11-5-7-12(8-6-11)17-22-18(24-23-17)14(10-21)9-13-3-2-4-15(19)16(13)20/h2-9H,1H3/b14-9+. The molecule has 1 aromatic heterocycles. The van der Waals surface area contributed by atoms with Gasteiger partial charge in [-0.2, -0.15) is 10.2 Å². The van der Waals surface area contributed by atoms with Crippen LogP contribution in [0.2, 0.25) is 10.0 Å². The first-order valence-electron chi connectivity index (χ1n) is 7.05. The predicted octanol–water partition coefficient (Wildman–Crippen LogP) is 5.42. The fourth-order valence-electron chi connectivity index (χ4n) is 2.08. The van der Waals surface area contributed by atoms with Crippen molar-refractivity contribution in [2.24, 2.45) is 0 Å². The van der Waals surface area contributed by atoms with E-state index in [1.54, 1.807) is 24.3 Å². The van der Waals surface area contributed by atoms with Gasteiger partial charge in [0.2, 0.25) is 5.82 Å². The fourth-order valence-corrected chi connectivity index (χ4v) is 2.44. The lowest BCUT2D eigenvalue weighted by Gasteiger charge is -2.00. The topological polar surface area (TPSA) is 62.7 Å². The average Bonchev–Trinajstić information content (AvgIpc) is 3.06. The zero-order chi connectivity index (χ0) is 17.1. The minimum atomic E-state index is 0.129. The lowest BCUT2D eigenvalue weighted by molar-refractivity contribution is 0.409. The molecule has 4 nitrogen and oxygen atoms in total. The molecule has 0 N–H and O–H groups in total. The van der Waals surface area contributed by atoms with E-state index in [0.29, 0.717) is 21.4 Å². The van der Waals surface area contributed by atoms with E-state index in [1.165, 1.54) is 0 Å². The third kappa shape index (κ3) is 3.33. The second-order valence-corrected chi connectivity index (χ2v) is 5.89. The van der Waals surface area contributed by atoms with E-state index >= 15 is 0 Å². The minimum absolute atomic E-state index is 0.129. The average molecular weight is 356 g/mol. The van der Waals surface area contributed by atoms with Crippen LogP contribution in [-0.4, -0.2) is 10.1 Å². The summed E-state index contributed by atoms with van der Waals surface area (Å²) in [6.45, 7) is 2.00. The molecule has 0 saturated heterocycles. The number of nitrogens with zero attached hydrogens (tertiary/aromatic N) is 3. The number of rotatable bonds is 3. The molecule has 0 unspecified atom stereocenters. The van der Waals surface area contributed by atoms with E-state index in [9.17, 15) is 5.26 Å². The molecule has 0 aliphatic carbocycles. The van der Waals surface area contributed by atoms with Gasteiger partial charge in [0.05, 0.1) is 10.0 Å². The molecular formula is C18H11Cl2N3O. The first kappa shape index (κ1) is 16.3. The first-order valence-corrected chi connectivity index (χ1v) is 7.81. The molecule has 2 aromatic carbocycles. The Labute approximate surface area is 148 Å². The molecule has 3 rings (SSSR count). The highest BCUT2D eigenvalue weighted by Gasteiger charge is 2.14. The number of hydrogen-bond donors (Lipinski definition) is 0. The predicted molar refractivity (Wildman–Crippen MR) is 94.4 cm³/mol. The number of allylic oxidation sites excluding steroid dienone is 1. The van der Waals surface area contributed by atoms with Gasteiger partial charge in [-0.1, -0.05) is 70.3 Å². The Morgan fingerprint density at radius 3 is 2.62 bits per heavy atom. The summed E-state index contributed by atoms with van der Waals surface area (Å²) in [6, 6.07) is 14.9. The Bertz CT molecular complexity index is 953. The van der Waals surface area contributed by atoms with E-state index in [1.807, 2.05) is 31.2 Å². The number of aryl methyl sites for hydroxylation is 1. The number of hydrogen-bond acceptors (Lipinski definition) is 4. The first-order chi connectivity index (χ1) is 11.6. The summed E-state index contributed by atoms with van der Waals surface area (Å²) in [5.41, 5.74) is 2.77. The Balaban J connectivity index is 1.98. The summed E-state index contributed by atoms with van der Waals surface area (Å²) < 4.78 is 5.22. The Morgan fingerprint density at radius 1 is 1.17 bits per heavy atom. The van der Waals surface area contributed by atoms with E-state index < -0.39 is 0 Å². The third-order valence-electron chi connectivity index (χ3n) is 3.37. The molecule has 0 aliphatic heterocycles. The SMILES string of the molecule is Cc1ccc(-c2noc(/C(C#N)=C/c3cccc(Cl)c3Cl)n2)cc1. The Kier molecular flexibility index (Phi) is 4.66. The molecule has 3 aromatic rings. The molecule has 0 radical (unpaired) electrons. The van der Waals surface area contributed by atoms with Crippen LogP contribution in [0.4, 0.5) is 0 Å². The molecule has 118 valence electrons. The van der Waals surface area contributed by atoms with Crippen molar-refractivity contribution >= 4 is 34.9 Å². The van der Waals surface area contributed by atoms with Gasteiger partial charge in [0.1, 0.15) is 11.6 Å². The van der Waals surface area contributed by atoms with Gasteiger partial charge < -0.3 is 4.52 Å². The van der Waals surface area contributed by atoms with E-state index in [0.717, 1.165) is 11.1 Å². The lowest BCUT2D eigenvalue weighted by Crippen LogP contribution is -1.85. The largest absolute Gasteiger partial charge is 0.333 e. The van der Waals surface area contributed by atoms with Crippen molar-refractivity contribution in [2.75, 3.05) is 0 Å². The van der Waals surface area contributed by atoms with Crippen LogP contribution in [0.15, 0.2) is 47.0 Å². The maximum Gasteiger partial charge on any atom is 0.268 e. The molecule has 6 heteroatoms. The van der Waals surface area contributed by atoms with Crippen molar-refractivity contribution in [1.82, 2.24) is 10.1 Å². The summed E-state index contributed by atoms with van der Waals surface area (Å²) in [6.07, 6.45) is 1.57. The molecule has 0 saturated carbocycles. The van der Waals surface area contributed by atoms with Gasteiger partial charge in [-0.05, 0) is 24.6 Å². The molecule has 0 spiro atoms. The van der Waals surface area contributed by atoms with Crippen molar-refractivity contribution < 1.29 is 4.52 Å². The lowest BCUT2D eigenvalue weighted by atomic mass is 10.1. The zero-order valence-electron chi connectivity index (χ0n) is 12.6. The van der Waals surface area contributed by atoms with E-state index in [4.69, 9.17) is 27.7 Å². The summed E-state index contributed by atoms with van der Waals surface area (Å²) in [7, 11) is 0. The van der Waals surface area contributed by atoms with Crippen LogP contribution in [0.5, 0.6) is 0 Å². The second-order valence-electron chi connectivity index (χ2n) is 5.10. The van der Waals surface area contributed by atoms with Crippen LogP contribution in [0.25, 0.3) is 23.0 Å². The highest BCUT2D eigenvalue weighted by atomic mass is 35.5. The van der Waals surface area contributed by atoms with Gasteiger partial charge in [-0.15, -0.1) is 0 Å². The highest BCUT2D eigenvalue weighted by Crippen LogP contribution is 2.29. The van der Waals surface area contributed by atoms with Gasteiger partial charge in [0, 0.05) is 5.56 Å². The summed E-state index contributed by atoms with van der Waals surface area (Å²) in [4.78, 5) is 4.28. The van der Waals surface area contributed by atoms with Crippen molar-refractivity contribution in [3.05, 3.63) is 69.5 Å². The normalized spacial score (nSPS) is 11.3. The molecule has 0 atom stereocenters. The van der Waals surface area contributed by atoms with Gasteiger partial charge >= 0.3 is 0 Å². The molecule has 0 bridgehead atoms. The van der Waals surface area contributed by atoms with Crippen LogP contribution in [0.3, 0.4) is 0 Å². The molecule has 0 amide bonds. The van der Waals surface area contributed by atoms with E-state index in [-0.39, 0.29) is 11.5 Å². The van der Waals surface area contributed by atoms with Gasteiger partial charge in [0.15, 0.2) is 0 Å². The molecule has 24 heavy (non-hydrogen) atoms. The maximum absolute atomic E-state index is 9.40. The minimum Gasteiger partial charge on any atom is -0.333 e. The maximum atomic E-state index is 9.40. The highest BCUT2D eigenvalue weighted by molar-refractivity contribution is 6.43. The van der Waals surface area contributed by atoms with Crippen LogP contribution < -0.4 is 0 Å². The molecule has 1 heterocycles. The van der Waals surface area contributed by atoms with Gasteiger partial charge in [-0.3, -0.25) is 0 Å². The van der Waals surface area contributed by atoms with Gasteiger partial charge in [-0.25, -0.2) is 0 Å². The summed E-state index contributed by atoms with van der Waals surface area (Å²) in [5.74, 6) is 0.549. The number of halogens is 2. The zero-order valence-corrected chi connectivity index (χ0v) is 14.1. The summed E-state index contributed by atoms with van der Waals surface area (Å²) >= 11 is 12.1. The number of benzene rings is 2. The number of nitriles is 1. The van der Waals surface area contributed by atoms with Crippen molar-refractivity contribution in [2.45, 2.75) is 6.92 Å². The monoisotopic (exact) mass is 355 g/mol. The Morgan fingerprint density at radius 2 is 1.92 bits per heavy atom. The molecular weight excluding hydrogens is 345 g/mol. The van der Waals surface area contributed by atoms with Crippen LogP contribution in [0.1, 0.15) is 17.0 Å². The second kappa shape index (κ2) is 6.88. The van der Waals surface area contributed by atoms with Crippen molar-refractivity contribution in [1.29, 1.82) is 5.26 Å². The van der Waals surface area contributed by atoms with Crippen molar-refractivity contribution in [3.63, 3.8) is 0 Å². The van der Waals surface area contributed by atoms with Crippen LogP contribution in [0, 0.1) is 18.3 Å². The smallest absolute Gasteiger partial charge is 0.268 e. The van der Waals surface area contributed by atoms with Crippen LogP contribution in [-0.2, 0) is 0 Å². The summed E-state index contributed by atoms with van der Waals surface area (Å²) in [5, 5.41) is 14.1. The third-order valence-corrected chi connectivity index (χ3v) is 4.20. The number of aromatic nitrogens is 2.